The van der Waals surface area contributed by atoms with Crippen molar-refractivity contribution < 1.29 is 18.7 Å². The van der Waals surface area contributed by atoms with Crippen molar-refractivity contribution in [3.05, 3.63) is 76.8 Å². The zero-order chi connectivity index (χ0) is 24.5. The average Bonchev–Trinajstić information content (AvgIpc) is 3.48. The van der Waals surface area contributed by atoms with E-state index in [-0.39, 0.29) is 29.1 Å². The molecule has 0 saturated heterocycles. The van der Waals surface area contributed by atoms with Crippen LogP contribution in [0.3, 0.4) is 0 Å². The molecule has 0 bridgehead atoms. The summed E-state index contributed by atoms with van der Waals surface area (Å²) in [7, 11) is 1.30. The number of halogens is 1. The minimum atomic E-state index is -0.769. The topological polar surface area (TPSA) is 141 Å². The van der Waals surface area contributed by atoms with Gasteiger partial charge in [-0.25, -0.2) is 19.9 Å². The van der Waals surface area contributed by atoms with Crippen LogP contribution in [-0.4, -0.2) is 43.3 Å². The van der Waals surface area contributed by atoms with E-state index in [4.69, 9.17) is 10.6 Å². The van der Waals surface area contributed by atoms with Gasteiger partial charge >= 0.3 is 0 Å². The molecule has 1 aliphatic carbocycles. The van der Waals surface area contributed by atoms with Gasteiger partial charge in [0, 0.05) is 30.1 Å². The number of hydrogen-bond acceptors (Lipinski definition) is 7. The molecule has 0 aliphatic heterocycles. The van der Waals surface area contributed by atoms with Gasteiger partial charge in [-0.05, 0) is 42.5 Å². The fraction of sp³-hybridized carbons (Fsp3) is 0.261. The Morgan fingerprint density at radius 3 is 2.74 bits per heavy atom. The minimum Gasteiger partial charge on any atom is -0.494 e. The first-order valence-corrected chi connectivity index (χ1v) is 11.0. The highest BCUT2D eigenvalue weighted by Gasteiger charge is 2.24. The molecule has 11 nitrogen and oxygen atoms in total. The van der Waals surface area contributed by atoms with E-state index in [1.54, 1.807) is 0 Å². The summed E-state index contributed by atoms with van der Waals surface area (Å²) in [6.07, 6.45) is 7.95. The van der Waals surface area contributed by atoms with Crippen molar-refractivity contribution in [2.24, 2.45) is 5.84 Å². The number of amides is 2. The molecule has 4 N–H and O–H groups in total. The van der Waals surface area contributed by atoms with E-state index in [1.165, 1.54) is 48.5 Å². The summed E-state index contributed by atoms with van der Waals surface area (Å²) in [6, 6.07) is 6.77. The smallest absolute Gasteiger partial charge is 0.273 e. The molecule has 1 fully saturated rings. The number of fused-ring (bicyclic) bond motifs is 1. The Bertz CT molecular complexity index is 1430. The Labute approximate surface area is 199 Å². The van der Waals surface area contributed by atoms with Crippen molar-refractivity contribution in [1.29, 1.82) is 0 Å². The number of methoxy groups -OCH3 is 1. The van der Waals surface area contributed by atoms with Gasteiger partial charge in [0.05, 0.1) is 25.5 Å². The van der Waals surface area contributed by atoms with Gasteiger partial charge < -0.3 is 14.5 Å². The molecule has 4 aromatic rings. The number of carbonyl (C=O) groups is 2. The molecule has 0 radical (unpaired) electrons. The molecular weight excluding hydrogens is 455 g/mol. The Balaban J connectivity index is 1.28. The molecule has 0 unspecified atom stereocenters. The van der Waals surface area contributed by atoms with Gasteiger partial charge in [-0.1, -0.05) is 11.3 Å². The van der Waals surface area contributed by atoms with Crippen LogP contribution in [0.4, 0.5) is 4.39 Å². The van der Waals surface area contributed by atoms with E-state index in [0.29, 0.717) is 12.5 Å². The van der Waals surface area contributed by atoms with Crippen LogP contribution in [0.5, 0.6) is 5.75 Å². The van der Waals surface area contributed by atoms with E-state index in [2.05, 4.69) is 32.9 Å². The monoisotopic (exact) mass is 478 g/mol. The summed E-state index contributed by atoms with van der Waals surface area (Å²) in [4.78, 5) is 29.2. The first-order valence-electron chi connectivity index (χ1n) is 11.0. The molecule has 180 valence electrons. The van der Waals surface area contributed by atoms with Crippen LogP contribution in [-0.2, 0) is 13.1 Å². The quantitative estimate of drug-likeness (QED) is 0.198. The number of ether oxygens (including phenoxy) is 1. The molecular formula is C23H23FN8O3. The molecule has 35 heavy (non-hydrogen) atoms. The fourth-order valence-corrected chi connectivity index (χ4v) is 3.92. The number of hydrazine groups is 1. The lowest BCUT2D eigenvalue weighted by Gasteiger charge is -2.12. The lowest BCUT2D eigenvalue weighted by atomic mass is 10.1. The average molecular weight is 478 g/mol. The number of nitrogens with one attached hydrogen (secondary N) is 2. The predicted molar refractivity (Wildman–Crippen MR) is 122 cm³/mol. The van der Waals surface area contributed by atoms with Crippen LogP contribution in [0.1, 0.15) is 56.4 Å². The van der Waals surface area contributed by atoms with E-state index >= 15 is 0 Å². The first kappa shape index (κ1) is 22.5. The zero-order valence-electron chi connectivity index (χ0n) is 18.9. The first-order chi connectivity index (χ1) is 17.0. The van der Waals surface area contributed by atoms with Gasteiger partial charge in [0.25, 0.3) is 11.8 Å². The Kier molecular flexibility index (Phi) is 5.87. The number of aromatic nitrogens is 5. The predicted octanol–water partition coefficient (Wildman–Crippen LogP) is 1.53. The van der Waals surface area contributed by atoms with Crippen LogP contribution in [0, 0.1) is 5.82 Å². The number of hydrogen-bond donors (Lipinski definition) is 3. The molecule has 3 heterocycles. The second-order valence-electron chi connectivity index (χ2n) is 8.30. The van der Waals surface area contributed by atoms with Crippen molar-refractivity contribution in [3.8, 4) is 5.75 Å². The number of rotatable bonds is 8. The number of pyridine rings is 1. The van der Waals surface area contributed by atoms with Gasteiger partial charge in [-0.15, -0.1) is 5.10 Å². The standard InChI is InChI=1S/C23H23FN8O3/c1-35-19-6-5-16(22(33)28-25)17(21(19)24)8-26-23(34)18-12-32(30-29-18)11-15-10-31-9-14(13-2-3-13)4-7-20(31)27-15/h4-7,9-10,12-13H,2-3,8,11,25H2,1H3,(H,26,34)(H,28,33). The van der Waals surface area contributed by atoms with Crippen molar-refractivity contribution in [1.82, 2.24) is 35.1 Å². The van der Waals surface area contributed by atoms with Crippen molar-refractivity contribution in [3.63, 3.8) is 0 Å². The second-order valence-corrected chi connectivity index (χ2v) is 8.30. The summed E-state index contributed by atoms with van der Waals surface area (Å²) in [5, 5.41) is 10.5. The summed E-state index contributed by atoms with van der Waals surface area (Å²) in [6.45, 7) is 0.0410. The summed E-state index contributed by atoms with van der Waals surface area (Å²) < 4.78 is 23.2. The number of nitrogen functional groups attached to an aromatic ring is 1. The third-order valence-corrected chi connectivity index (χ3v) is 5.90. The number of nitrogens with two attached hydrogens (primary N) is 1. The van der Waals surface area contributed by atoms with Crippen LogP contribution in [0.25, 0.3) is 5.65 Å². The fourth-order valence-electron chi connectivity index (χ4n) is 3.92. The van der Waals surface area contributed by atoms with Crippen molar-refractivity contribution in [2.45, 2.75) is 31.8 Å². The molecule has 0 atom stereocenters. The van der Waals surface area contributed by atoms with Crippen LogP contribution >= 0.6 is 0 Å². The lowest BCUT2D eigenvalue weighted by molar-refractivity contribution is 0.0932. The second kappa shape index (κ2) is 9.14. The van der Waals surface area contributed by atoms with Crippen LogP contribution in [0.2, 0.25) is 0 Å². The highest BCUT2D eigenvalue weighted by Crippen LogP contribution is 2.39. The van der Waals surface area contributed by atoms with E-state index in [1.807, 2.05) is 22.1 Å². The third kappa shape index (κ3) is 4.55. The number of nitrogens with zero attached hydrogens (tertiary/aromatic N) is 5. The maximum Gasteiger partial charge on any atom is 0.273 e. The zero-order valence-corrected chi connectivity index (χ0v) is 18.9. The van der Waals surface area contributed by atoms with Gasteiger partial charge in [-0.2, -0.15) is 0 Å². The number of imidazole rings is 1. The molecule has 12 heteroatoms. The molecule has 0 spiro atoms. The lowest BCUT2D eigenvalue weighted by Crippen LogP contribution is -2.32. The van der Waals surface area contributed by atoms with Crippen LogP contribution < -0.4 is 21.3 Å². The molecule has 3 aromatic heterocycles. The third-order valence-electron chi connectivity index (χ3n) is 5.90. The summed E-state index contributed by atoms with van der Waals surface area (Å²) in [5.74, 6) is 3.72. The summed E-state index contributed by atoms with van der Waals surface area (Å²) in [5.41, 5.74) is 4.82. The molecule has 1 aliphatic rings. The Hall–Kier alpha value is -4.32. The SMILES string of the molecule is COc1ccc(C(=O)NN)c(CNC(=O)c2cn(Cc3cn4cc(C5CC5)ccc4n3)nn2)c1F. The molecule has 2 amide bonds. The van der Waals surface area contributed by atoms with Crippen molar-refractivity contribution in [2.75, 3.05) is 7.11 Å². The highest BCUT2D eigenvalue weighted by molar-refractivity contribution is 5.96. The normalized spacial score (nSPS) is 13.1. The highest BCUT2D eigenvalue weighted by atomic mass is 19.1. The van der Waals surface area contributed by atoms with Crippen LogP contribution in [0.15, 0.2) is 42.9 Å². The summed E-state index contributed by atoms with van der Waals surface area (Å²) >= 11 is 0. The van der Waals surface area contributed by atoms with Gasteiger partial charge in [-0.3, -0.25) is 15.0 Å². The number of carbonyl (C=O) groups excluding carboxylic acids is 2. The largest absolute Gasteiger partial charge is 0.494 e. The van der Waals surface area contributed by atoms with Gasteiger partial charge in [0.15, 0.2) is 17.3 Å². The maximum absolute atomic E-state index is 14.8. The number of benzene rings is 1. The van der Waals surface area contributed by atoms with Gasteiger partial charge in [0.1, 0.15) is 5.65 Å². The van der Waals surface area contributed by atoms with Gasteiger partial charge in [0.2, 0.25) is 0 Å². The molecule has 1 aromatic carbocycles. The van der Waals surface area contributed by atoms with Crippen molar-refractivity contribution >= 4 is 17.5 Å². The maximum atomic E-state index is 14.8. The Morgan fingerprint density at radius 2 is 2.00 bits per heavy atom. The van der Waals surface area contributed by atoms with E-state index < -0.39 is 17.6 Å². The van der Waals surface area contributed by atoms with E-state index in [0.717, 1.165) is 11.3 Å². The van der Waals surface area contributed by atoms with E-state index in [9.17, 15) is 14.0 Å². The molecule has 1 saturated carbocycles. The minimum absolute atomic E-state index is 0.0218. The molecule has 5 rings (SSSR count). The Morgan fingerprint density at radius 1 is 1.17 bits per heavy atom.